The second kappa shape index (κ2) is 9.84. The summed E-state index contributed by atoms with van der Waals surface area (Å²) in [6, 6.07) is 9.63. The molecule has 0 heterocycles. The van der Waals surface area contributed by atoms with Crippen LogP contribution in [0.2, 0.25) is 18.1 Å². The summed E-state index contributed by atoms with van der Waals surface area (Å²) >= 11 is 0. The van der Waals surface area contributed by atoms with Gasteiger partial charge in [0.25, 0.3) is 0 Å². The van der Waals surface area contributed by atoms with Gasteiger partial charge in [0.05, 0.1) is 12.0 Å². The maximum atomic E-state index is 13.3. The minimum Gasteiger partial charge on any atom is -0.480 e. The Morgan fingerprint density at radius 3 is 1.97 bits per heavy atom. The number of carbonyl (C=O) groups excluding carboxylic acids is 1. The maximum Gasteiger partial charge on any atom is 0.323 e. The molecule has 0 saturated heterocycles. The average Bonchev–Trinajstić information content (AvgIpc) is 2.56. The number of benzene rings is 1. The van der Waals surface area contributed by atoms with Crippen LogP contribution in [0.15, 0.2) is 30.3 Å². The first-order valence-electron chi connectivity index (χ1n) is 10.8. The Bertz CT molecular complexity index is 747. The molecule has 0 aliphatic carbocycles. The van der Waals surface area contributed by atoms with E-state index in [0.29, 0.717) is 6.42 Å². The lowest BCUT2D eigenvalue weighted by Crippen LogP contribution is -2.54. The number of hydrogen-bond acceptors (Lipinski definition) is 5. The molecular weight excluding hydrogens is 410 g/mol. The molecule has 0 bridgehead atoms. The molecule has 0 aromatic heterocycles. The first kappa shape index (κ1) is 27.3. The predicted molar refractivity (Wildman–Crippen MR) is 126 cm³/mol. The topological polar surface area (TPSA) is 98.9 Å². The van der Waals surface area contributed by atoms with Gasteiger partial charge in [0.1, 0.15) is 11.1 Å². The molecule has 31 heavy (non-hydrogen) atoms. The van der Waals surface area contributed by atoms with E-state index < -0.39 is 43.4 Å². The smallest absolute Gasteiger partial charge is 0.323 e. The van der Waals surface area contributed by atoms with Crippen LogP contribution in [0.5, 0.6) is 0 Å². The van der Waals surface area contributed by atoms with Gasteiger partial charge in [-0.3, -0.25) is 9.59 Å². The number of ether oxygens (including phenoxy) is 1. The van der Waals surface area contributed by atoms with E-state index in [1.807, 2.05) is 51.1 Å². The summed E-state index contributed by atoms with van der Waals surface area (Å²) in [7, 11) is -2.34. The molecule has 0 aliphatic heterocycles. The quantitative estimate of drug-likeness (QED) is 0.414. The molecule has 176 valence electrons. The van der Waals surface area contributed by atoms with Crippen molar-refractivity contribution in [3.63, 3.8) is 0 Å². The molecule has 0 spiro atoms. The number of carbonyl (C=O) groups is 2. The molecule has 0 fully saturated rings. The van der Waals surface area contributed by atoms with Crippen molar-refractivity contribution in [3.8, 4) is 0 Å². The molecular formula is C24H41NO5Si. The monoisotopic (exact) mass is 451 g/mol. The molecule has 3 N–H and O–H groups in total. The second-order valence-electron chi connectivity index (χ2n) is 11.2. The highest BCUT2D eigenvalue weighted by Crippen LogP contribution is 2.40. The Morgan fingerprint density at radius 1 is 1.03 bits per heavy atom. The van der Waals surface area contributed by atoms with E-state index in [9.17, 15) is 14.7 Å². The van der Waals surface area contributed by atoms with Gasteiger partial charge in [-0.25, -0.2) is 0 Å². The minimum atomic E-state index is -2.34. The number of nitrogens with two attached hydrogens (primary N) is 1. The van der Waals surface area contributed by atoms with Gasteiger partial charge in [0.2, 0.25) is 0 Å². The molecule has 1 aromatic carbocycles. The van der Waals surface area contributed by atoms with Crippen molar-refractivity contribution in [2.75, 3.05) is 0 Å². The molecule has 0 amide bonds. The zero-order chi connectivity index (χ0) is 24.3. The van der Waals surface area contributed by atoms with Crippen LogP contribution in [0.1, 0.15) is 60.5 Å². The number of rotatable bonds is 9. The van der Waals surface area contributed by atoms with Gasteiger partial charge >= 0.3 is 11.9 Å². The third-order valence-electron chi connectivity index (χ3n) is 5.82. The molecule has 1 rings (SSSR count). The van der Waals surface area contributed by atoms with E-state index in [0.717, 1.165) is 5.56 Å². The van der Waals surface area contributed by atoms with Crippen molar-refractivity contribution in [3.05, 3.63) is 35.9 Å². The Labute approximate surface area is 188 Å². The van der Waals surface area contributed by atoms with Crippen molar-refractivity contribution in [2.45, 2.75) is 96.7 Å². The summed E-state index contributed by atoms with van der Waals surface area (Å²) in [4.78, 5) is 25.1. The lowest BCUT2D eigenvalue weighted by molar-refractivity contribution is -0.165. The van der Waals surface area contributed by atoms with Gasteiger partial charge in [-0.15, -0.1) is 0 Å². The maximum absolute atomic E-state index is 13.3. The largest absolute Gasteiger partial charge is 0.480 e. The van der Waals surface area contributed by atoms with E-state index in [-0.39, 0.29) is 11.5 Å². The Morgan fingerprint density at radius 2 is 1.55 bits per heavy atom. The lowest BCUT2D eigenvalue weighted by Gasteiger charge is -2.42. The fourth-order valence-corrected chi connectivity index (χ4v) is 4.30. The van der Waals surface area contributed by atoms with Crippen molar-refractivity contribution in [2.24, 2.45) is 11.7 Å². The third kappa shape index (κ3) is 8.39. The normalized spacial score (nSPS) is 16.8. The number of aliphatic carboxylic acids is 1. The zero-order valence-electron chi connectivity index (χ0n) is 20.6. The van der Waals surface area contributed by atoms with Gasteiger partial charge in [-0.1, -0.05) is 51.1 Å². The standard InChI is InChI=1S/C24H41NO5Si/c1-22(2,3)29-20(26)18(15-17-13-11-10-12-14-17)19(16-24(7,25)21(27)28)30-31(8,9)23(4,5)6/h10-14,18-19H,15-16,25H2,1-9H3,(H,27,28)/t18-,19-,24+/m0/s1. The first-order chi connectivity index (χ1) is 13.9. The highest BCUT2D eigenvalue weighted by atomic mass is 28.4. The van der Waals surface area contributed by atoms with Crippen LogP contribution in [-0.2, 0) is 25.2 Å². The van der Waals surface area contributed by atoms with E-state index in [1.54, 1.807) is 0 Å². The molecule has 0 unspecified atom stereocenters. The third-order valence-corrected chi connectivity index (χ3v) is 10.3. The second-order valence-corrected chi connectivity index (χ2v) is 15.9. The number of hydrogen-bond donors (Lipinski definition) is 2. The fraction of sp³-hybridized carbons (Fsp3) is 0.667. The van der Waals surface area contributed by atoms with Crippen molar-refractivity contribution < 1.29 is 23.9 Å². The summed E-state index contributed by atoms with van der Waals surface area (Å²) in [5.74, 6) is -2.21. The van der Waals surface area contributed by atoms with E-state index in [4.69, 9.17) is 14.9 Å². The molecule has 1 aromatic rings. The van der Waals surface area contributed by atoms with Crippen LogP contribution >= 0.6 is 0 Å². The van der Waals surface area contributed by atoms with Crippen molar-refractivity contribution in [1.82, 2.24) is 0 Å². The molecule has 7 heteroatoms. The number of esters is 1. The summed E-state index contributed by atoms with van der Waals surface area (Å²) in [6.07, 6.45) is -0.307. The zero-order valence-corrected chi connectivity index (χ0v) is 21.6. The van der Waals surface area contributed by atoms with Crippen LogP contribution in [0.3, 0.4) is 0 Å². The van der Waals surface area contributed by atoms with Gasteiger partial charge in [-0.05, 0) is 57.8 Å². The lowest BCUT2D eigenvalue weighted by atomic mass is 9.85. The average molecular weight is 452 g/mol. The SMILES string of the molecule is CC(C)(C)OC(=O)[C@@H](Cc1ccccc1)[C@H](C[C@@](C)(N)C(=O)O)O[Si](C)(C)C(C)(C)C. The van der Waals surface area contributed by atoms with Gasteiger partial charge in [0, 0.05) is 6.42 Å². The Balaban J connectivity index is 3.45. The van der Waals surface area contributed by atoms with Crippen LogP contribution < -0.4 is 5.73 Å². The Hall–Kier alpha value is -1.70. The summed E-state index contributed by atoms with van der Waals surface area (Å²) in [5, 5.41) is 9.54. The summed E-state index contributed by atoms with van der Waals surface area (Å²) < 4.78 is 12.4. The van der Waals surface area contributed by atoms with Crippen molar-refractivity contribution in [1.29, 1.82) is 0 Å². The summed E-state index contributed by atoms with van der Waals surface area (Å²) in [6.45, 7) is 17.4. The highest BCUT2D eigenvalue weighted by Gasteiger charge is 2.46. The van der Waals surface area contributed by atoms with Crippen LogP contribution in [0, 0.1) is 5.92 Å². The number of carboxylic acid groups (broad SMARTS) is 1. The molecule has 3 atom stereocenters. The molecule has 0 aliphatic rings. The van der Waals surface area contributed by atoms with Gasteiger partial charge in [0.15, 0.2) is 8.32 Å². The Kier molecular flexibility index (Phi) is 8.67. The summed E-state index contributed by atoms with van der Waals surface area (Å²) in [5.41, 5.74) is 4.87. The van der Waals surface area contributed by atoms with Crippen LogP contribution in [0.25, 0.3) is 0 Å². The van der Waals surface area contributed by atoms with E-state index in [2.05, 4.69) is 33.9 Å². The highest BCUT2D eigenvalue weighted by molar-refractivity contribution is 6.74. The minimum absolute atomic E-state index is 0.00554. The van der Waals surface area contributed by atoms with Gasteiger partial charge < -0.3 is 20.0 Å². The molecule has 6 nitrogen and oxygen atoms in total. The van der Waals surface area contributed by atoms with Crippen LogP contribution in [0.4, 0.5) is 0 Å². The number of carboxylic acids is 1. The first-order valence-corrected chi connectivity index (χ1v) is 13.7. The molecule has 0 saturated carbocycles. The fourth-order valence-electron chi connectivity index (χ4n) is 2.94. The van der Waals surface area contributed by atoms with Crippen LogP contribution in [-0.4, -0.2) is 42.6 Å². The van der Waals surface area contributed by atoms with Crippen molar-refractivity contribution >= 4 is 20.3 Å². The molecule has 0 radical (unpaired) electrons. The van der Waals surface area contributed by atoms with E-state index in [1.165, 1.54) is 6.92 Å². The van der Waals surface area contributed by atoms with Gasteiger partial charge in [-0.2, -0.15) is 0 Å². The van der Waals surface area contributed by atoms with E-state index >= 15 is 0 Å². The predicted octanol–water partition coefficient (Wildman–Crippen LogP) is 4.77.